The van der Waals surface area contributed by atoms with Gasteiger partial charge in [-0.15, -0.1) is 24.8 Å². The molecule has 0 fully saturated rings. The molecule has 0 radical (unpaired) electrons. The van der Waals surface area contributed by atoms with E-state index in [0.29, 0.717) is 0 Å². The van der Waals surface area contributed by atoms with Crippen LogP contribution in [0.25, 0.3) is 0 Å². The van der Waals surface area contributed by atoms with E-state index in [2.05, 4.69) is 4.74 Å². The Balaban J connectivity index is 3.20. The van der Waals surface area contributed by atoms with E-state index >= 15 is 0 Å². The number of rotatable bonds is 2. The van der Waals surface area contributed by atoms with E-state index in [-0.39, 0.29) is 17.1 Å². The second-order valence-electron chi connectivity index (χ2n) is 2.63. The number of alkyl halides is 4. The summed E-state index contributed by atoms with van der Waals surface area (Å²) in [6.45, 7) is 0. The largest absolute Gasteiger partial charge is 0.573 e. The summed E-state index contributed by atoms with van der Waals surface area (Å²) in [5.41, 5.74) is 5.06. The van der Waals surface area contributed by atoms with Gasteiger partial charge in [0, 0.05) is 11.3 Å². The Labute approximate surface area is 87.6 Å². The number of halogens is 5. The maximum atomic E-state index is 13.0. The van der Waals surface area contributed by atoms with Crippen molar-refractivity contribution in [2.45, 2.75) is 12.2 Å². The molecule has 0 spiro atoms. The molecule has 7 heteroatoms. The standard InChI is InChI=1S/C8H6ClF4NO/c9-3-4-6(14)2-1-5(10)7(4)15-8(11,12)13/h1-2H,3,14H2. The van der Waals surface area contributed by atoms with Crippen molar-refractivity contribution >= 4 is 17.3 Å². The van der Waals surface area contributed by atoms with Gasteiger partial charge in [0.2, 0.25) is 0 Å². The fourth-order valence-electron chi connectivity index (χ4n) is 0.978. The number of nitrogens with two attached hydrogens (primary N) is 1. The molecule has 0 amide bonds. The lowest BCUT2D eigenvalue weighted by atomic mass is 10.2. The average Bonchev–Trinajstić information content (AvgIpc) is 2.10. The van der Waals surface area contributed by atoms with Crippen LogP contribution in [-0.2, 0) is 5.88 Å². The second kappa shape index (κ2) is 4.14. The molecule has 1 aromatic carbocycles. The first-order valence-electron chi connectivity index (χ1n) is 3.73. The van der Waals surface area contributed by atoms with Crippen LogP contribution in [-0.4, -0.2) is 6.36 Å². The molecule has 84 valence electrons. The van der Waals surface area contributed by atoms with E-state index in [1.807, 2.05) is 0 Å². The quantitative estimate of drug-likeness (QED) is 0.492. The zero-order valence-corrected chi connectivity index (χ0v) is 7.99. The van der Waals surface area contributed by atoms with E-state index in [4.69, 9.17) is 17.3 Å². The van der Waals surface area contributed by atoms with Crippen LogP contribution in [0.4, 0.5) is 23.2 Å². The van der Waals surface area contributed by atoms with Crippen molar-refractivity contribution in [1.29, 1.82) is 0 Å². The Hall–Kier alpha value is -1.17. The van der Waals surface area contributed by atoms with E-state index in [0.717, 1.165) is 12.1 Å². The van der Waals surface area contributed by atoms with Crippen LogP contribution >= 0.6 is 11.6 Å². The first kappa shape index (κ1) is 11.9. The number of hydrogen-bond acceptors (Lipinski definition) is 2. The highest BCUT2D eigenvalue weighted by Gasteiger charge is 2.33. The van der Waals surface area contributed by atoms with Crippen molar-refractivity contribution in [2.24, 2.45) is 0 Å². The lowest BCUT2D eigenvalue weighted by Gasteiger charge is -2.14. The summed E-state index contributed by atoms with van der Waals surface area (Å²) >= 11 is 5.34. The number of ether oxygens (including phenoxy) is 1. The minimum Gasteiger partial charge on any atom is -0.402 e. The molecule has 0 atom stereocenters. The SMILES string of the molecule is Nc1ccc(F)c(OC(F)(F)F)c1CCl. The van der Waals surface area contributed by atoms with Gasteiger partial charge >= 0.3 is 6.36 Å². The fraction of sp³-hybridized carbons (Fsp3) is 0.250. The zero-order chi connectivity index (χ0) is 11.6. The minimum atomic E-state index is -4.98. The van der Waals surface area contributed by atoms with Crippen molar-refractivity contribution < 1.29 is 22.3 Å². The second-order valence-corrected chi connectivity index (χ2v) is 2.89. The van der Waals surface area contributed by atoms with E-state index in [1.165, 1.54) is 0 Å². The van der Waals surface area contributed by atoms with Gasteiger partial charge in [-0.2, -0.15) is 0 Å². The van der Waals surface area contributed by atoms with Gasteiger partial charge < -0.3 is 10.5 Å². The van der Waals surface area contributed by atoms with Crippen molar-refractivity contribution in [3.63, 3.8) is 0 Å². The van der Waals surface area contributed by atoms with Crippen molar-refractivity contribution in [3.8, 4) is 5.75 Å². The number of hydrogen-bond donors (Lipinski definition) is 1. The molecule has 2 nitrogen and oxygen atoms in total. The molecule has 0 bridgehead atoms. The molecule has 2 N–H and O–H groups in total. The maximum Gasteiger partial charge on any atom is 0.573 e. The molecule has 0 unspecified atom stereocenters. The fourth-order valence-corrected chi connectivity index (χ4v) is 1.25. The molecule has 0 aliphatic heterocycles. The maximum absolute atomic E-state index is 13.0. The third kappa shape index (κ3) is 2.89. The summed E-state index contributed by atoms with van der Waals surface area (Å²) in [4.78, 5) is 0. The molecule has 0 aromatic heterocycles. The Kier molecular flexibility index (Phi) is 3.28. The Morgan fingerprint density at radius 2 is 1.93 bits per heavy atom. The van der Waals surface area contributed by atoms with Crippen molar-refractivity contribution in [3.05, 3.63) is 23.5 Å². The molecule has 0 saturated heterocycles. The van der Waals surface area contributed by atoms with Gasteiger partial charge in [0.15, 0.2) is 11.6 Å². The van der Waals surface area contributed by atoms with Crippen LogP contribution in [0.2, 0.25) is 0 Å². The molecular weight excluding hydrogens is 238 g/mol. The molecule has 0 saturated carbocycles. The van der Waals surface area contributed by atoms with Gasteiger partial charge in [-0.05, 0) is 12.1 Å². The van der Waals surface area contributed by atoms with Crippen molar-refractivity contribution in [1.82, 2.24) is 0 Å². The van der Waals surface area contributed by atoms with E-state index < -0.39 is 17.9 Å². The molecule has 0 heterocycles. The van der Waals surface area contributed by atoms with Gasteiger partial charge in [0.05, 0.1) is 5.88 Å². The van der Waals surface area contributed by atoms with Crippen LogP contribution in [0.15, 0.2) is 12.1 Å². The first-order valence-corrected chi connectivity index (χ1v) is 4.27. The molecule has 1 aromatic rings. The van der Waals surface area contributed by atoms with Gasteiger partial charge in [-0.25, -0.2) is 4.39 Å². The number of benzene rings is 1. The van der Waals surface area contributed by atoms with Gasteiger partial charge in [0.1, 0.15) is 0 Å². The van der Waals surface area contributed by atoms with E-state index in [1.54, 1.807) is 0 Å². The molecule has 0 aliphatic rings. The average molecular weight is 244 g/mol. The summed E-state index contributed by atoms with van der Waals surface area (Å²) < 4.78 is 52.2. The normalized spacial score (nSPS) is 11.5. The third-order valence-corrected chi connectivity index (χ3v) is 1.87. The highest BCUT2D eigenvalue weighted by molar-refractivity contribution is 6.17. The van der Waals surface area contributed by atoms with Crippen LogP contribution in [0, 0.1) is 5.82 Å². The predicted molar refractivity (Wildman–Crippen MR) is 47.1 cm³/mol. The van der Waals surface area contributed by atoms with E-state index in [9.17, 15) is 17.6 Å². The lowest BCUT2D eigenvalue weighted by molar-refractivity contribution is -0.275. The van der Waals surface area contributed by atoms with Crippen LogP contribution in [0.3, 0.4) is 0 Å². The highest BCUT2D eigenvalue weighted by Crippen LogP contribution is 2.33. The Morgan fingerprint density at radius 1 is 1.33 bits per heavy atom. The van der Waals surface area contributed by atoms with Gasteiger partial charge in [0.25, 0.3) is 0 Å². The topological polar surface area (TPSA) is 35.2 Å². The van der Waals surface area contributed by atoms with Crippen LogP contribution in [0.5, 0.6) is 5.75 Å². The summed E-state index contributed by atoms with van der Waals surface area (Å²) in [6, 6.07) is 1.91. The Bertz CT molecular complexity index is 366. The minimum absolute atomic E-state index is 0.0503. The predicted octanol–water partition coefficient (Wildman–Crippen LogP) is 3.05. The number of nitrogen functional groups attached to an aromatic ring is 1. The summed E-state index contributed by atoms with van der Waals surface area (Å²) in [7, 11) is 0. The third-order valence-electron chi connectivity index (χ3n) is 1.60. The smallest absolute Gasteiger partial charge is 0.402 e. The summed E-state index contributed by atoms with van der Waals surface area (Å²) in [5.74, 6) is -2.50. The lowest BCUT2D eigenvalue weighted by Crippen LogP contribution is -2.19. The van der Waals surface area contributed by atoms with Gasteiger partial charge in [-0.1, -0.05) is 0 Å². The first-order chi connectivity index (χ1) is 6.85. The highest BCUT2D eigenvalue weighted by atomic mass is 35.5. The molecular formula is C8H6ClF4NO. The van der Waals surface area contributed by atoms with Crippen molar-refractivity contribution in [2.75, 3.05) is 5.73 Å². The summed E-state index contributed by atoms with van der Waals surface area (Å²) in [5, 5.41) is 0. The van der Waals surface area contributed by atoms with Gasteiger partial charge in [-0.3, -0.25) is 0 Å². The number of anilines is 1. The Morgan fingerprint density at radius 3 is 2.40 bits per heavy atom. The van der Waals surface area contributed by atoms with Crippen LogP contribution < -0.4 is 10.5 Å². The molecule has 1 rings (SSSR count). The van der Waals surface area contributed by atoms with Crippen LogP contribution in [0.1, 0.15) is 5.56 Å². The summed E-state index contributed by atoms with van der Waals surface area (Å²) in [6.07, 6.45) is -4.98. The monoisotopic (exact) mass is 243 g/mol. The molecule has 15 heavy (non-hydrogen) atoms. The zero-order valence-electron chi connectivity index (χ0n) is 7.24. The molecule has 0 aliphatic carbocycles.